The van der Waals surface area contributed by atoms with Crippen LogP contribution in [0.15, 0.2) is 48.5 Å². The van der Waals surface area contributed by atoms with Gasteiger partial charge in [-0.05, 0) is 36.1 Å². The molecule has 0 spiro atoms. The first-order valence-corrected chi connectivity index (χ1v) is 9.93. The zero-order valence-corrected chi connectivity index (χ0v) is 16.6. The van der Waals surface area contributed by atoms with Crippen molar-refractivity contribution >= 4 is 23.4 Å². The number of ether oxygens (including phenoxy) is 1. The average Bonchev–Trinajstić information content (AvgIpc) is 3.54. The lowest BCUT2D eigenvalue weighted by molar-refractivity contribution is -0.134. The zero-order chi connectivity index (χ0) is 19.7. The SMILES string of the molecule is COc1ccc(Cl)cc1C(=O)N1CCN(C(=O)[C@@H]2CC2c2ccccc2)CC1. The van der Waals surface area contributed by atoms with Crippen LogP contribution in [0.4, 0.5) is 0 Å². The number of carbonyl (C=O) groups is 2. The summed E-state index contributed by atoms with van der Waals surface area (Å²) >= 11 is 6.05. The summed E-state index contributed by atoms with van der Waals surface area (Å²) in [5.74, 6) is 1.03. The third-order valence-electron chi connectivity index (χ3n) is 5.61. The molecule has 2 fully saturated rings. The highest BCUT2D eigenvalue weighted by molar-refractivity contribution is 6.31. The molecular weight excluding hydrogens is 376 g/mol. The molecule has 146 valence electrons. The first-order valence-electron chi connectivity index (χ1n) is 9.55. The van der Waals surface area contributed by atoms with Crippen LogP contribution >= 0.6 is 11.6 Å². The molecule has 0 N–H and O–H groups in total. The predicted octanol–water partition coefficient (Wildman–Crippen LogP) is 3.44. The van der Waals surface area contributed by atoms with Gasteiger partial charge in [0, 0.05) is 37.1 Å². The number of hydrogen-bond donors (Lipinski definition) is 0. The molecule has 28 heavy (non-hydrogen) atoms. The normalized spacial score (nSPS) is 21.4. The van der Waals surface area contributed by atoms with Gasteiger partial charge in [0.15, 0.2) is 0 Å². The van der Waals surface area contributed by atoms with Gasteiger partial charge in [0.25, 0.3) is 5.91 Å². The summed E-state index contributed by atoms with van der Waals surface area (Å²) in [7, 11) is 1.54. The van der Waals surface area contributed by atoms with Crippen LogP contribution in [0.25, 0.3) is 0 Å². The van der Waals surface area contributed by atoms with E-state index in [0.29, 0.717) is 48.4 Å². The van der Waals surface area contributed by atoms with Crippen LogP contribution in [0.5, 0.6) is 5.75 Å². The van der Waals surface area contributed by atoms with E-state index in [0.717, 1.165) is 6.42 Å². The first kappa shape index (κ1) is 18.8. The van der Waals surface area contributed by atoms with Gasteiger partial charge in [-0.25, -0.2) is 0 Å². The summed E-state index contributed by atoms with van der Waals surface area (Å²) in [5.41, 5.74) is 1.70. The summed E-state index contributed by atoms with van der Waals surface area (Å²) in [6.07, 6.45) is 0.918. The Hall–Kier alpha value is -2.53. The number of hydrogen-bond acceptors (Lipinski definition) is 3. The van der Waals surface area contributed by atoms with Crippen LogP contribution in [-0.2, 0) is 4.79 Å². The number of nitrogens with zero attached hydrogens (tertiary/aromatic N) is 2. The van der Waals surface area contributed by atoms with Crippen molar-refractivity contribution in [3.63, 3.8) is 0 Å². The molecule has 1 unspecified atom stereocenters. The molecule has 2 aromatic rings. The number of methoxy groups -OCH3 is 1. The van der Waals surface area contributed by atoms with E-state index in [9.17, 15) is 9.59 Å². The van der Waals surface area contributed by atoms with Crippen LogP contribution in [0, 0.1) is 5.92 Å². The Kier molecular flexibility index (Phi) is 5.27. The van der Waals surface area contributed by atoms with Crippen molar-refractivity contribution in [3.8, 4) is 5.75 Å². The fraction of sp³-hybridized carbons (Fsp3) is 0.364. The highest BCUT2D eigenvalue weighted by Gasteiger charge is 2.46. The third-order valence-corrected chi connectivity index (χ3v) is 5.84. The molecule has 0 radical (unpaired) electrons. The van der Waals surface area contributed by atoms with E-state index in [1.807, 2.05) is 23.1 Å². The Morgan fingerprint density at radius 3 is 2.36 bits per heavy atom. The van der Waals surface area contributed by atoms with Crippen LogP contribution in [0.3, 0.4) is 0 Å². The monoisotopic (exact) mass is 398 g/mol. The molecule has 1 saturated heterocycles. The molecule has 1 heterocycles. The molecule has 0 bridgehead atoms. The van der Waals surface area contributed by atoms with E-state index in [2.05, 4.69) is 12.1 Å². The van der Waals surface area contributed by atoms with E-state index < -0.39 is 0 Å². The van der Waals surface area contributed by atoms with Crippen LogP contribution in [-0.4, -0.2) is 54.9 Å². The minimum absolute atomic E-state index is 0.0812. The molecule has 2 amide bonds. The maximum absolute atomic E-state index is 12.9. The second kappa shape index (κ2) is 7.84. The van der Waals surface area contributed by atoms with Crippen molar-refractivity contribution in [3.05, 3.63) is 64.7 Å². The van der Waals surface area contributed by atoms with Gasteiger partial charge in [0.1, 0.15) is 5.75 Å². The fourth-order valence-electron chi connectivity index (χ4n) is 3.92. The van der Waals surface area contributed by atoms with E-state index in [-0.39, 0.29) is 17.7 Å². The van der Waals surface area contributed by atoms with Crippen LogP contribution in [0.2, 0.25) is 5.02 Å². The van der Waals surface area contributed by atoms with E-state index in [1.54, 1.807) is 23.1 Å². The summed E-state index contributed by atoms with van der Waals surface area (Å²) < 4.78 is 5.29. The van der Waals surface area contributed by atoms with E-state index in [4.69, 9.17) is 16.3 Å². The van der Waals surface area contributed by atoms with E-state index in [1.165, 1.54) is 12.7 Å². The summed E-state index contributed by atoms with van der Waals surface area (Å²) in [6, 6.07) is 15.2. The summed E-state index contributed by atoms with van der Waals surface area (Å²) in [4.78, 5) is 29.4. The van der Waals surface area contributed by atoms with Gasteiger partial charge in [-0.1, -0.05) is 41.9 Å². The third kappa shape index (κ3) is 3.72. The highest BCUT2D eigenvalue weighted by atomic mass is 35.5. The largest absolute Gasteiger partial charge is 0.496 e. The Labute approximate surface area is 169 Å². The van der Waals surface area contributed by atoms with Gasteiger partial charge in [-0.15, -0.1) is 0 Å². The number of carbonyl (C=O) groups excluding carboxylic acids is 2. The molecule has 2 aliphatic rings. The summed E-state index contributed by atoms with van der Waals surface area (Å²) in [5, 5.41) is 0.499. The number of benzene rings is 2. The number of piperazine rings is 1. The van der Waals surface area contributed by atoms with E-state index >= 15 is 0 Å². The topological polar surface area (TPSA) is 49.9 Å². The van der Waals surface area contributed by atoms with Crippen molar-refractivity contribution in [1.82, 2.24) is 9.80 Å². The van der Waals surface area contributed by atoms with Gasteiger partial charge < -0.3 is 14.5 Å². The lowest BCUT2D eigenvalue weighted by atomic mass is 10.1. The zero-order valence-electron chi connectivity index (χ0n) is 15.8. The standard InChI is InChI=1S/C22H23ClN2O3/c1-28-20-8-7-16(23)13-19(20)22(27)25-11-9-24(10-12-25)21(26)18-14-17(18)15-5-3-2-4-6-15/h2-8,13,17-18H,9-12,14H2,1H3/t17?,18-/m1/s1. The lowest BCUT2D eigenvalue weighted by Gasteiger charge is -2.35. The molecule has 2 aromatic carbocycles. The number of halogens is 1. The van der Waals surface area contributed by atoms with Gasteiger partial charge in [0.2, 0.25) is 5.91 Å². The lowest BCUT2D eigenvalue weighted by Crippen LogP contribution is -2.51. The quantitative estimate of drug-likeness (QED) is 0.792. The minimum atomic E-state index is -0.111. The maximum atomic E-state index is 12.9. The molecule has 1 aliphatic heterocycles. The minimum Gasteiger partial charge on any atom is -0.496 e. The molecule has 2 atom stereocenters. The first-order chi connectivity index (χ1) is 13.6. The molecule has 1 aliphatic carbocycles. The Bertz CT molecular complexity index is 879. The van der Waals surface area contributed by atoms with Crippen molar-refractivity contribution in [1.29, 1.82) is 0 Å². The van der Waals surface area contributed by atoms with Crippen LogP contribution < -0.4 is 4.74 Å². The van der Waals surface area contributed by atoms with Crippen molar-refractivity contribution in [2.24, 2.45) is 5.92 Å². The predicted molar refractivity (Wildman–Crippen MR) is 108 cm³/mol. The number of rotatable bonds is 4. The van der Waals surface area contributed by atoms with Crippen LogP contribution in [0.1, 0.15) is 28.3 Å². The molecule has 6 heteroatoms. The van der Waals surface area contributed by atoms with Gasteiger partial charge in [-0.3, -0.25) is 9.59 Å². The van der Waals surface area contributed by atoms with Crippen molar-refractivity contribution in [2.75, 3.05) is 33.3 Å². The Morgan fingerprint density at radius 2 is 1.68 bits per heavy atom. The smallest absolute Gasteiger partial charge is 0.257 e. The maximum Gasteiger partial charge on any atom is 0.257 e. The second-order valence-corrected chi connectivity index (χ2v) is 7.76. The Balaban J connectivity index is 1.36. The van der Waals surface area contributed by atoms with Gasteiger partial charge >= 0.3 is 0 Å². The Morgan fingerprint density at radius 1 is 1.00 bits per heavy atom. The molecule has 5 nitrogen and oxygen atoms in total. The number of amides is 2. The average molecular weight is 399 g/mol. The van der Waals surface area contributed by atoms with Gasteiger partial charge in [-0.2, -0.15) is 0 Å². The fourth-order valence-corrected chi connectivity index (χ4v) is 4.09. The summed E-state index contributed by atoms with van der Waals surface area (Å²) in [6.45, 7) is 2.16. The van der Waals surface area contributed by atoms with Gasteiger partial charge in [0.05, 0.1) is 12.7 Å². The molecule has 4 rings (SSSR count). The van der Waals surface area contributed by atoms with Crippen molar-refractivity contribution < 1.29 is 14.3 Å². The highest BCUT2D eigenvalue weighted by Crippen LogP contribution is 2.48. The second-order valence-electron chi connectivity index (χ2n) is 7.32. The molecular formula is C22H23ClN2O3. The molecule has 0 aromatic heterocycles. The van der Waals surface area contributed by atoms with Crippen molar-refractivity contribution in [2.45, 2.75) is 12.3 Å². The molecule has 1 saturated carbocycles.